The summed E-state index contributed by atoms with van der Waals surface area (Å²) >= 11 is 0. The van der Waals surface area contributed by atoms with E-state index in [9.17, 15) is 9.59 Å². The third-order valence-corrected chi connectivity index (χ3v) is 3.37. The number of benzene rings is 2. The van der Waals surface area contributed by atoms with E-state index in [2.05, 4.69) is 5.32 Å². The highest BCUT2D eigenvalue weighted by Gasteiger charge is 2.12. The minimum Gasteiger partial charge on any atom is -0.478 e. The predicted octanol–water partition coefficient (Wildman–Crippen LogP) is 2.60. The number of amides is 1. The Morgan fingerprint density at radius 2 is 1.35 bits per heavy atom. The van der Waals surface area contributed by atoms with Gasteiger partial charge in [0.05, 0.1) is 0 Å². The molecule has 0 saturated heterocycles. The molecule has 1 amide bonds. The molecule has 0 bridgehead atoms. The van der Waals surface area contributed by atoms with Crippen molar-refractivity contribution >= 4 is 11.9 Å². The van der Waals surface area contributed by atoms with Gasteiger partial charge in [0.25, 0.3) is 0 Å². The number of hydrogen-bond donors (Lipinski definition) is 2. The fraction of sp³-hybridized carbons (Fsp3) is 0.158. The Bertz CT molecular complexity index is 624. The number of carbonyl (C=O) groups excluding carboxylic acids is 1. The Balaban J connectivity index is 2.07. The smallest absolute Gasteiger partial charge is 0.328 e. The molecule has 4 heteroatoms. The zero-order valence-electron chi connectivity index (χ0n) is 12.7. The average Bonchev–Trinajstić information content (AvgIpc) is 2.55. The summed E-state index contributed by atoms with van der Waals surface area (Å²) in [4.78, 5) is 22.4. The van der Waals surface area contributed by atoms with Gasteiger partial charge in [0, 0.05) is 18.2 Å². The fourth-order valence-corrected chi connectivity index (χ4v) is 2.37. The Morgan fingerprint density at radius 3 is 1.78 bits per heavy atom. The lowest BCUT2D eigenvalue weighted by molar-refractivity contribution is -0.131. The molecule has 23 heavy (non-hydrogen) atoms. The molecule has 4 nitrogen and oxygen atoms in total. The third-order valence-electron chi connectivity index (χ3n) is 3.37. The van der Waals surface area contributed by atoms with Gasteiger partial charge in [-0.25, -0.2) is 4.79 Å². The highest BCUT2D eigenvalue weighted by Crippen LogP contribution is 2.09. The fourth-order valence-electron chi connectivity index (χ4n) is 2.37. The van der Waals surface area contributed by atoms with Crippen molar-refractivity contribution < 1.29 is 14.7 Å². The van der Waals surface area contributed by atoms with Crippen molar-refractivity contribution in [2.45, 2.75) is 18.9 Å². The number of hydrogen-bond acceptors (Lipinski definition) is 2. The Kier molecular flexibility index (Phi) is 6.12. The Hall–Kier alpha value is -2.88. The highest BCUT2D eigenvalue weighted by atomic mass is 16.4. The van der Waals surface area contributed by atoms with Crippen molar-refractivity contribution in [3.05, 3.63) is 83.9 Å². The second-order valence-corrected chi connectivity index (χ2v) is 5.26. The van der Waals surface area contributed by atoms with Crippen LogP contribution in [-0.2, 0) is 22.4 Å². The van der Waals surface area contributed by atoms with E-state index in [4.69, 9.17) is 5.11 Å². The van der Waals surface area contributed by atoms with Gasteiger partial charge < -0.3 is 10.4 Å². The van der Waals surface area contributed by atoms with Gasteiger partial charge in [0.15, 0.2) is 0 Å². The summed E-state index contributed by atoms with van der Waals surface area (Å²) in [5.41, 5.74) is 2.24. The summed E-state index contributed by atoms with van der Waals surface area (Å²) in [5.74, 6) is -1.54. The molecule has 0 aromatic heterocycles. The second kappa shape index (κ2) is 8.54. The minimum atomic E-state index is -1.14. The van der Waals surface area contributed by atoms with Gasteiger partial charge in [0.2, 0.25) is 5.91 Å². The van der Waals surface area contributed by atoms with E-state index < -0.39 is 11.9 Å². The van der Waals surface area contributed by atoms with Crippen molar-refractivity contribution in [2.24, 2.45) is 0 Å². The van der Waals surface area contributed by atoms with Gasteiger partial charge >= 0.3 is 5.97 Å². The molecule has 2 aromatic carbocycles. The summed E-state index contributed by atoms with van der Waals surface area (Å²) in [7, 11) is 0. The molecule has 0 spiro atoms. The van der Waals surface area contributed by atoms with Gasteiger partial charge in [-0.1, -0.05) is 60.7 Å². The standard InChI is InChI=1S/C19H19NO3/c21-18(11-12-19(22)23)20-17(13-15-7-3-1-4-8-15)14-16-9-5-2-6-10-16/h1-12,17H,13-14H2,(H,20,21)(H,22,23). The van der Waals surface area contributed by atoms with Crippen LogP contribution in [-0.4, -0.2) is 23.0 Å². The van der Waals surface area contributed by atoms with Crippen LogP contribution in [0.25, 0.3) is 0 Å². The predicted molar refractivity (Wildman–Crippen MR) is 89.0 cm³/mol. The molecule has 0 aliphatic rings. The molecule has 0 aliphatic carbocycles. The quantitative estimate of drug-likeness (QED) is 0.773. The van der Waals surface area contributed by atoms with Crippen LogP contribution < -0.4 is 5.32 Å². The SMILES string of the molecule is O=C(O)C=CC(=O)NC(Cc1ccccc1)Cc1ccccc1. The molecule has 0 unspecified atom stereocenters. The topological polar surface area (TPSA) is 66.4 Å². The molecular formula is C19H19NO3. The normalized spacial score (nSPS) is 10.8. The monoisotopic (exact) mass is 309 g/mol. The van der Waals surface area contributed by atoms with Crippen LogP contribution in [0.1, 0.15) is 11.1 Å². The van der Waals surface area contributed by atoms with Gasteiger partial charge in [-0.2, -0.15) is 0 Å². The van der Waals surface area contributed by atoms with Crippen LogP contribution >= 0.6 is 0 Å². The highest BCUT2D eigenvalue weighted by molar-refractivity contribution is 5.94. The molecule has 0 fully saturated rings. The van der Waals surface area contributed by atoms with E-state index in [-0.39, 0.29) is 6.04 Å². The number of carbonyl (C=O) groups is 2. The molecule has 2 aromatic rings. The van der Waals surface area contributed by atoms with Gasteiger partial charge in [-0.3, -0.25) is 4.79 Å². The summed E-state index contributed by atoms with van der Waals surface area (Å²) < 4.78 is 0. The van der Waals surface area contributed by atoms with E-state index in [1.54, 1.807) is 0 Å². The van der Waals surface area contributed by atoms with E-state index in [1.165, 1.54) is 0 Å². The summed E-state index contributed by atoms with van der Waals surface area (Å²) in [6, 6.07) is 19.7. The zero-order chi connectivity index (χ0) is 16.5. The maximum Gasteiger partial charge on any atom is 0.328 e. The first kappa shape index (κ1) is 16.5. The lowest BCUT2D eigenvalue weighted by Crippen LogP contribution is -2.37. The number of rotatable bonds is 7. The van der Waals surface area contributed by atoms with Crippen LogP contribution in [0.3, 0.4) is 0 Å². The molecule has 118 valence electrons. The molecule has 0 saturated carbocycles. The zero-order valence-corrected chi connectivity index (χ0v) is 12.7. The number of nitrogens with one attached hydrogen (secondary N) is 1. The van der Waals surface area contributed by atoms with Crippen molar-refractivity contribution in [3.63, 3.8) is 0 Å². The number of carboxylic acid groups (broad SMARTS) is 1. The summed E-state index contributed by atoms with van der Waals surface area (Å²) in [6.45, 7) is 0. The van der Waals surface area contributed by atoms with E-state index in [1.807, 2.05) is 60.7 Å². The van der Waals surface area contributed by atoms with Crippen LogP contribution in [0.15, 0.2) is 72.8 Å². The van der Waals surface area contributed by atoms with Gasteiger partial charge in [0.1, 0.15) is 0 Å². The number of aliphatic carboxylic acids is 1. The van der Waals surface area contributed by atoms with E-state index >= 15 is 0 Å². The molecule has 0 radical (unpaired) electrons. The molecule has 0 atom stereocenters. The first-order valence-corrected chi connectivity index (χ1v) is 7.43. The van der Waals surface area contributed by atoms with Gasteiger partial charge in [-0.15, -0.1) is 0 Å². The van der Waals surface area contributed by atoms with Crippen molar-refractivity contribution in [1.29, 1.82) is 0 Å². The lowest BCUT2D eigenvalue weighted by Gasteiger charge is -2.18. The minimum absolute atomic E-state index is 0.106. The first-order valence-electron chi connectivity index (χ1n) is 7.43. The molecule has 2 N–H and O–H groups in total. The van der Waals surface area contributed by atoms with Gasteiger partial charge in [-0.05, 0) is 24.0 Å². The lowest BCUT2D eigenvalue weighted by atomic mass is 9.99. The second-order valence-electron chi connectivity index (χ2n) is 5.26. The number of carboxylic acids is 1. The Morgan fingerprint density at radius 1 is 0.870 bits per heavy atom. The molecule has 0 heterocycles. The largest absolute Gasteiger partial charge is 0.478 e. The first-order chi connectivity index (χ1) is 11.1. The maximum atomic E-state index is 11.9. The van der Waals surface area contributed by atoms with Crippen molar-refractivity contribution in [3.8, 4) is 0 Å². The average molecular weight is 309 g/mol. The summed E-state index contributed by atoms with van der Waals surface area (Å²) in [5, 5.41) is 11.5. The van der Waals surface area contributed by atoms with Crippen LogP contribution in [0.4, 0.5) is 0 Å². The van der Waals surface area contributed by atoms with Crippen molar-refractivity contribution in [1.82, 2.24) is 5.32 Å². The maximum absolute atomic E-state index is 11.9. The van der Waals surface area contributed by atoms with Crippen LogP contribution in [0.5, 0.6) is 0 Å². The van der Waals surface area contributed by atoms with Crippen LogP contribution in [0.2, 0.25) is 0 Å². The van der Waals surface area contributed by atoms with E-state index in [0.717, 1.165) is 23.3 Å². The molecule has 0 aliphatic heterocycles. The molecular weight excluding hydrogens is 290 g/mol. The molecule has 2 rings (SSSR count). The third kappa shape index (κ3) is 6.18. The summed E-state index contributed by atoms with van der Waals surface area (Å²) in [6.07, 6.45) is 3.26. The Labute approximate surface area is 135 Å². The van der Waals surface area contributed by atoms with Crippen LogP contribution in [0, 0.1) is 0 Å². The van der Waals surface area contributed by atoms with Crippen molar-refractivity contribution in [2.75, 3.05) is 0 Å². The van der Waals surface area contributed by atoms with E-state index in [0.29, 0.717) is 12.8 Å².